The molecule has 6 nitrogen and oxygen atoms in total. The maximum absolute atomic E-state index is 8.84. The van der Waals surface area contributed by atoms with E-state index in [0.717, 1.165) is 11.3 Å². The molecular formula is C16H12Cl2N6. The molecule has 1 heterocycles. The number of aromatic nitrogens is 3. The molecular weight excluding hydrogens is 347 g/mol. The number of nitrogens with two attached hydrogens (primary N) is 1. The predicted molar refractivity (Wildman–Crippen MR) is 94.4 cm³/mol. The Morgan fingerprint density at radius 1 is 1.12 bits per heavy atom. The van der Waals surface area contributed by atoms with E-state index in [9.17, 15) is 0 Å². The van der Waals surface area contributed by atoms with Crippen molar-refractivity contribution < 1.29 is 0 Å². The number of rotatable bonds is 4. The zero-order valence-corrected chi connectivity index (χ0v) is 13.9. The van der Waals surface area contributed by atoms with Gasteiger partial charge in [-0.05, 0) is 36.4 Å². The molecule has 0 unspecified atom stereocenters. The molecule has 3 rings (SSSR count). The standard InChI is InChI=1S/C16H12Cl2N6/c17-13-2-1-3-14(18)12(13)9-24-16(22-15(20)23-24)21-11-6-4-10(8-19)5-7-11/h1-7H,9H2,(H3,20,21,22,23). The van der Waals surface area contributed by atoms with Crippen molar-refractivity contribution in [2.75, 3.05) is 11.1 Å². The van der Waals surface area contributed by atoms with E-state index in [2.05, 4.69) is 21.5 Å². The fourth-order valence-corrected chi connectivity index (χ4v) is 2.67. The minimum absolute atomic E-state index is 0.134. The molecule has 0 amide bonds. The van der Waals surface area contributed by atoms with Gasteiger partial charge in [-0.3, -0.25) is 0 Å². The highest BCUT2D eigenvalue weighted by Gasteiger charge is 2.13. The molecule has 120 valence electrons. The molecule has 0 spiro atoms. The highest BCUT2D eigenvalue weighted by atomic mass is 35.5. The van der Waals surface area contributed by atoms with Gasteiger partial charge in [0.05, 0.1) is 18.2 Å². The second kappa shape index (κ2) is 6.79. The first-order valence-corrected chi connectivity index (χ1v) is 7.73. The summed E-state index contributed by atoms with van der Waals surface area (Å²) in [5.74, 6) is 0.586. The lowest BCUT2D eigenvalue weighted by Gasteiger charge is -2.10. The van der Waals surface area contributed by atoms with Crippen LogP contribution < -0.4 is 11.1 Å². The predicted octanol–water partition coefficient (Wildman–Crippen LogP) is 3.83. The molecule has 2 aromatic carbocycles. The van der Waals surface area contributed by atoms with Crippen LogP contribution in [0.15, 0.2) is 42.5 Å². The first kappa shape index (κ1) is 16.1. The van der Waals surface area contributed by atoms with Crippen LogP contribution in [0.5, 0.6) is 0 Å². The summed E-state index contributed by atoms with van der Waals surface area (Å²) >= 11 is 12.4. The Morgan fingerprint density at radius 3 is 2.42 bits per heavy atom. The molecule has 8 heteroatoms. The van der Waals surface area contributed by atoms with Gasteiger partial charge >= 0.3 is 0 Å². The number of hydrogen-bond acceptors (Lipinski definition) is 5. The van der Waals surface area contributed by atoms with E-state index >= 15 is 0 Å². The second-order valence-corrected chi connectivity index (χ2v) is 5.78. The van der Waals surface area contributed by atoms with Crippen LogP contribution in [0.1, 0.15) is 11.1 Å². The minimum atomic E-state index is 0.134. The first-order valence-electron chi connectivity index (χ1n) is 6.97. The molecule has 3 N–H and O–H groups in total. The van der Waals surface area contributed by atoms with Gasteiger partial charge in [0.25, 0.3) is 0 Å². The molecule has 0 aliphatic carbocycles. The topological polar surface area (TPSA) is 92.6 Å². The van der Waals surface area contributed by atoms with E-state index in [4.69, 9.17) is 34.2 Å². The maximum atomic E-state index is 8.84. The van der Waals surface area contributed by atoms with E-state index in [-0.39, 0.29) is 5.95 Å². The van der Waals surface area contributed by atoms with E-state index < -0.39 is 0 Å². The van der Waals surface area contributed by atoms with Gasteiger partial charge in [-0.15, -0.1) is 5.10 Å². The van der Waals surface area contributed by atoms with Crippen LogP contribution in [-0.2, 0) is 6.54 Å². The Morgan fingerprint density at radius 2 is 1.79 bits per heavy atom. The van der Waals surface area contributed by atoms with Gasteiger partial charge in [0.2, 0.25) is 11.9 Å². The second-order valence-electron chi connectivity index (χ2n) is 4.97. The molecule has 0 fully saturated rings. The van der Waals surface area contributed by atoms with Gasteiger partial charge in [-0.25, -0.2) is 4.68 Å². The summed E-state index contributed by atoms with van der Waals surface area (Å²) in [7, 11) is 0. The fourth-order valence-electron chi connectivity index (χ4n) is 2.15. The van der Waals surface area contributed by atoms with Crippen molar-refractivity contribution in [2.45, 2.75) is 6.54 Å². The number of nitrogen functional groups attached to an aromatic ring is 1. The summed E-state index contributed by atoms with van der Waals surface area (Å²) in [6.45, 7) is 0.321. The number of hydrogen-bond donors (Lipinski definition) is 2. The average Bonchev–Trinajstić information content (AvgIpc) is 2.91. The third-order valence-electron chi connectivity index (χ3n) is 3.33. The maximum Gasteiger partial charge on any atom is 0.241 e. The number of nitriles is 1. The molecule has 0 atom stereocenters. The monoisotopic (exact) mass is 358 g/mol. The third-order valence-corrected chi connectivity index (χ3v) is 4.04. The first-order chi connectivity index (χ1) is 11.6. The van der Waals surface area contributed by atoms with Crippen LogP contribution in [-0.4, -0.2) is 14.8 Å². The van der Waals surface area contributed by atoms with Gasteiger partial charge in [0, 0.05) is 21.3 Å². The number of nitrogens with zero attached hydrogens (tertiary/aromatic N) is 4. The Labute approximate surface area is 148 Å². The van der Waals surface area contributed by atoms with Crippen molar-refractivity contribution in [3.63, 3.8) is 0 Å². The van der Waals surface area contributed by atoms with Crippen LogP contribution >= 0.6 is 23.2 Å². The molecule has 0 radical (unpaired) electrons. The molecule has 1 aromatic heterocycles. The smallest absolute Gasteiger partial charge is 0.241 e. The Hall–Kier alpha value is -2.75. The van der Waals surface area contributed by atoms with Gasteiger partial charge in [0.1, 0.15) is 0 Å². The summed E-state index contributed by atoms with van der Waals surface area (Å²) in [4.78, 5) is 4.17. The Kier molecular flexibility index (Phi) is 4.56. The molecule has 0 saturated heterocycles. The third kappa shape index (κ3) is 3.43. The van der Waals surface area contributed by atoms with E-state index in [1.807, 2.05) is 0 Å². The summed E-state index contributed by atoms with van der Waals surface area (Å²) in [6, 6.07) is 14.3. The number of halogens is 2. The van der Waals surface area contributed by atoms with Gasteiger partial charge < -0.3 is 11.1 Å². The highest BCUT2D eigenvalue weighted by Crippen LogP contribution is 2.26. The van der Waals surface area contributed by atoms with Gasteiger partial charge in [-0.2, -0.15) is 10.2 Å². The molecule has 0 saturated carbocycles. The quantitative estimate of drug-likeness (QED) is 0.739. The zero-order chi connectivity index (χ0) is 17.1. The molecule has 0 bridgehead atoms. The molecule has 0 aliphatic rings. The number of nitrogens with one attached hydrogen (secondary N) is 1. The Bertz CT molecular complexity index is 891. The van der Waals surface area contributed by atoms with Crippen LogP contribution in [0.2, 0.25) is 10.0 Å². The minimum Gasteiger partial charge on any atom is -0.366 e. The van der Waals surface area contributed by atoms with Crippen LogP contribution in [0.25, 0.3) is 0 Å². The lowest BCUT2D eigenvalue weighted by molar-refractivity contribution is 0.697. The largest absolute Gasteiger partial charge is 0.366 e. The summed E-state index contributed by atoms with van der Waals surface area (Å²) in [5.41, 5.74) is 7.78. The molecule has 24 heavy (non-hydrogen) atoms. The lowest BCUT2D eigenvalue weighted by Crippen LogP contribution is -2.08. The summed E-state index contributed by atoms with van der Waals surface area (Å²) in [5, 5.41) is 17.2. The van der Waals surface area contributed by atoms with Crippen molar-refractivity contribution in [1.82, 2.24) is 14.8 Å². The van der Waals surface area contributed by atoms with Crippen molar-refractivity contribution in [3.8, 4) is 6.07 Å². The normalized spacial score (nSPS) is 10.4. The number of anilines is 3. The fraction of sp³-hybridized carbons (Fsp3) is 0.0625. The summed E-state index contributed by atoms with van der Waals surface area (Å²) in [6.07, 6.45) is 0. The number of benzene rings is 2. The molecule has 0 aliphatic heterocycles. The van der Waals surface area contributed by atoms with E-state index in [1.165, 1.54) is 0 Å². The van der Waals surface area contributed by atoms with Gasteiger partial charge in [-0.1, -0.05) is 29.3 Å². The van der Waals surface area contributed by atoms with E-state index in [0.29, 0.717) is 28.1 Å². The molecule has 3 aromatic rings. The van der Waals surface area contributed by atoms with Crippen LogP contribution in [0.3, 0.4) is 0 Å². The van der Waals surface area contributed by atoms with Crippen molar-refractivity contribution in [1.29, 1.82) is 5.26 Å². The highest BCUT2D eigenvalue weighted by molar-refractivity contribution is 6.35. The lowest BCUT2D eigenvalue weighted by atomic mass is 10.2. The Balaban J connectivity index is 1.89. The van der Waals surface area contributed by atoms with Crippen LogP contribution in [0, 0.1) is 11.3 Å². The zero-order valence-electron chi connectivity index (χ0n) is 12.4. The average molecular weight is 359 g/mol. The van der Waals surface area contributed by atoms with E-state index in [1.54, 1.807) is 47.1 Å². The van der Waals surface area contributed by atoms with Crippen molar-refractivity contribution in [3.05, 3.63) is 63.6 Å². The summed E-state index contributed by atoms with van der Waals surface area (Å²) < 4.78 is 1.58. The van der Waals surface area contributed by atoms with Gasteiger partial charge in [0.15, 0.2) is 0 Å². The van der Waals surface area contributed by atoms with Crippen LogP contribution in [0.4, 0.5) is 17.6 Å². The van der Waals surface area contributed by atoms with Crippen molar-refractivity contribution >= 4 is 40.8 Å². The SMILES string of the molecule is N#Cc1ccc(Nc2nc(N)nn2Cc2c(Cl)cccc2Cl)cc1. The van der Waals surface area contributed by atoms with Crippen molar-refractivity contribution in [2.24, 2.45) is 0 Å².